The topological polar surface area (TPSA) is 77.1 Å². The van der Waals surface area contributed by atoms with Gasteiger partial charge in [0.15, 0.2) is 11.1 Å². The van der Waals surface area contributed by atoms with Crippen molar-refractivity contribution < 1.29 is 4.42 Å². The Labute approximate surface area is 207 Å². The van der Waals surface area contributed by atoms with Crippen LogP contribution in [0.3, 0.4) is 0 Å². The highest BCUT2D eigenvalue weighted by molar-refractivity contribution is 6.03. The highest BCUT2D eigenvalue weighted by Crippen LogP contribution is 2.24. The Hall–Kier alpha value is -4.36. The molecule has 4 aromatic heterocycles. The van der Waals surface area contributed by atoms with Crippen LogP contribution < -0.4 is 5.43 Å². The molecule has 0 saturated heterocycles. The van der Waals surface area contributed by atoms with E-state index in [-0.39, 0.29) is 5.43 Å². The fraction of sp³-hybridized carbons (Fsp3) is 0.172. The van der Waals surface area contributed by atoms with E-state index >= 15 is 0 Å². The molecule has 0 aliphatic carbocycles. The Bertz CT molecular complexity index is 1710. The summed E-state index contributed by atoms with van der Waals surface area (Å²) < 4.78 is 8.17. The van der Waals surface area contributed by atoms with Crippen LogP contribution in [0.1, 0.15) is 17.5 Å². The lowest BCUT2D eigenvalue weighted by Gasteiger charge is -2.22. The number of hydrogen-bond acceptors (Lipinski definition) is 6. The molecule has 7 heteroatoms. The van der Waals surface area contributed by atoms with Crippen LogP contribution in [-0.4, -0.2) is 31.0 Å². The first-order valence-corrected chi connectivity index (χ1v) is 12.1. The van der Waals surface area contributed by atoms with Crippen molar-refractivity contribution >= 4 is 32.9 Å². The van der Waals surface area contributed by atoms with E-state index in [1.165, 1.54) is 0 Å². The second-order valence-corrected chi connectivity index (χ2v) is 8.96. The highest BCUT2D eigenvalue weighted by Gasteiger charge is 2.14. The molecule has 7 nitrogen and oxygen atoms in total. The third-order valence-corrected chi connectivity index (χ3v) is 6.55. The predicted octanol–water partition coefficient (Wildman–Crippen LogP) is 5.18. The Kier molecular flexibility index (Phi) is 5.97. The molecule has 0 fully saturated rings. The van der Waals surface area contributed by atoms with E-state index in [0.29, 0.717) is 29.6 Å². The normalized spacial score (nSPS) is 11.7. The van der Waals surface area contributed by atoms with Gasteiger partial charge in [0.05, 0.1) is 23.5 Å². The number of imidazole rings is 1. The number of benzene rings is 2. The molecule has 0 unspecified atom stereocenters. The first-order valence-electron chi connectivity index (χ1n) is 12.1. The molecule has 6 rings (SSSR count). The molecule has 4 heterocycles. The van der Waals surface area contributed by atoms with Crippen LogP contribution in [0.15, 0.2) is 101 Å². The van der Waals surface area contributed by atoms with Gasteiger partial charge in [0.1, 0.15) is 5.58 Å². The SMILES string of the molecule is O=c1c(CN(CCCn2cnc3ncccc32)Cc2ccncc2)coc2c1ccc1ccccc12. The number of aryl methyl sites for hydroxylation is 1. The second-order valence-electron chi connectivity index (χ2n) is 8.96. The van der Waals surface area contributed by atoms with E-state index in [9.17, 15) is 4.79 Å². The lowest BCUT2D eigenvalue weighted by atomic mass is 10.1. The third kappa shape index (κ3) is 4.36. The summed E-state index contributed by atoms with van der Waals surface area (Å²) in [6.07, 6.45) is 9.73. The molecule has 2 aromatic carbocycles. The largest absolute Gasteiger partial charge is 0.463 e. The van der Waals surface area contributed by atoms with Gasteiger partial charge in [-0.3, -0.25) is 14.7 Å². The fourth-order valence-corrected chi connectivity index (χ4v) is 4.76. The molecule has 0 bridgehead atoms. The maximum atomic E-state index is 13.5. The minimum Gasteiger partial charge on any atom is -0.463 e. The molecule has 0 N–H and O–H groups in total. The predicted molar refractivity (Wildman–Crippen MR) is 140 cm³/mol. The van der Waals surface area contributed by atoms with Crippen LogP contribution in [-0.2, 0) is 19.6 Å². The summed E-state index contributed by atoms with van der Waals surface area (Å²) in [4.78, 5) is 28.6. The number of fused-ring (bicyclic) bond motifs is 4. The molecule has 0 amide bonds. The minimum absolute atomic E-state index is 0.0217. The Morgan fingerprint density at radius 2 is 1.75 bits per heavy atom. The number of aromatic nitrogens is 4. The lowest BCUT2D eigenvalue weighted by Crippen LogP contribution is -2.27. The van der Waals surface area contributed by atoms with E-state index in [1.54, 1.807) is 24.9 Å². The van der Waals surface area contributed by atoms with E-state index in [2.05, 4.69) is 24.4 Å². The molecule has 0 radical (unpaired) electrons. The highest BCUT2D eigenvalue weighted by atomic mass is 16.3. The van der Waals surface area contributed by atoms with Gasteiger partial charge in [-0.2, -0.15) is 0 Å². The van der Waals surface area contributed by atoms with E-state index < -0.39 is 0 Å². The molecule has 6 aromatic rings. The van der Waals surface area contributed by atoms with Gasteiger partial charge < -0.3 is 8.98 Å². The molecular weight excluding hydrogens is 450 g/mol. The average Bonchev–Trinajstić information content (AvgIpc) is 3.33. The first-order chi connectivity index (χ1) is 17.8. The summed E-state index contributed by atoms with van der Waals surface area (Å²) in [5.74, 6) is 0. The van der Waals surface area contributed by atoms with Gasteiger partial charge in [-0.25, -0.2) is 9.97 Å². The van der Waals surface area contributed by atoms with Crippen molar-refractivity contribution in [1.82, 2.24) is 24.4 Å². The van der Waals surface area contributed by atoms with Crippen molar-refractivity contribution in [3.63, 3.8) is 0 Å². The van der Waals surface area contributed by atoms with Crippen LogP contribution in [0, 0.1) is 0 Å². The zero-order chi connectivity index (χ0) is 24.3. The number of nitrogens with zero attached hydrogens (tertiary/aromatic N) is 5. The van der Waals surface area contributed by atoms with Gasteiger partial charge in [0.2, 0.25) is 0 Å². The monoisotopic (exact) mass is 475 g/mol. The van der Waals surface area contributed by atoms with Gasteiger partial charge in [-0.05, 0) is 47.7 Å². The van der Waals surface area contributed by atoms with Gasteiger partial charge >= 0.3 is 0 Å². The summed E-state index contributed by atoms with van der Waals surface area (Å²) in [7, 11) is 0. The van der Waals surface area contributed by atoms with Crippen LogP contribution in [0.25, 0.3) is 32.9 Å². The number of pyridine rings is 2. The van der Waals surface area contributed by atoms with Crippen molar-refractivity contribution in [2.45, 2.75) is 26.1 Å². The average molecular weight is 476 g/mol. The number of hydrogen-bond donors (Lipinski definition) is 0. The fourth-order valence-electron chi connectivity index (χ4n) is 4.76. The van der Waals surface area contributed by atoms with Gasteiger partial charge in [0.25, 0.3) is 0 Å². The van der Waals surface area contributed by atoms with Gasteiger partial charge in [-0.1, -0.05) is 30.3 Å². The van der Waals surface area contributed by atoms with Gasteiger partial charge in [0, 0.05) is 55.7 Å². The Morgan fingerprint density at radius 3 is 2.67 bits per heavy atom. The molecule has 0 atom stereocenters. The van der Waals surface area contributed by atoms with E-state index in [1.807, 2.05) is 67.0 Å². The zero-order valence-corrected chi connectivity index (χ0v) is 19.7. The minimum atomic E-state index is 0.0217. The molecule has 178 valence electrons. The molecule has 0 saturated carbocycles. The summed E-state index contributed by atoms with van der Waals surface area (Å²) in [6, 6.07) is 19.8. The maximum Gasteiger partial charge on any atom is 0.197 e. The lowest BCUT2D eigenvalue weighted by molar-refractivity contribution is 0.246. The summed E-state index contributed by atoms with van der Waals surface area (Å²) in [6.45, 7) is 2.83. The molecule has 0 aliphatic rings. The summed E-state index contributed by atoms with van der Waals surface area (Å²) >= 11 is 0. The molecule has 0 spiro atoms. The van der Waals surface area contributed by atoms with Gasteiger partial charge in [-0.15, -0.1) is 0 Å². The summed E-state index contributed by atoms with van der Waals surface area (Å²) in [5, 5.41) is 2.63. The zero-order valence-electron chi connectivity index (χ0n) is 19.7. The molecule has 36 heavy (non-hydrogen) atoms. The smallest absolute Gasteiger partial charge is 0.197 e. The second kappa shape index (κ2) is 9.71. The van der Waals surface area contributed by atoms with E-state index in [4.69, 9.17) is 4.42 Å². The third-order valence-electron chi connectivity index (χ3n) is 6.55. The van der Waals surface area contributed by atoms with E-state index in [0.717, 1.165) is 47.0 Å². The maximum absolute atomic E-state index is 13.5. The summed E-state index contributed by atoms with van der Waals surface area (Å²) in [5.41, 5.74) is 4.26. The van der Waals surface area contributed by atoms with Crippen molar-refractivity contribution in [1.29, 1.82) is 0 Å². The van der Waals surface area contributed by atoms with Crippen molar-refractivity contribution in [2.75, 3.05) is 6.54 Å². The van der Waals surface area contributed by atoms with Crippen molar-refractivity contribution in [3.8, 4) is 0 Å². The number of rotatable bonds is 8. The van der Waals surface area contributed by atoms with Crippen molar-refractivity contribution in [2.24, 2.45) is 0 Å². The quantitative estimate of drug-likeness (QED) is 0.282. The molecular formula is C29H25N5O2. The molecule has 0 aliphatic heterocycles. The standard InChI is InChI=1S/C29H25N5O2/c35-27-23(19-36-28-24-6-2-1-5-22(24)8-9-25(27)28)18-33(17-21-10-13-30-14-11-21)15-4-16-34-20-32-29-26(34)7-3-12-31-29/h1-3,5-14,19-20H,4,15-18H2. The van der Waals surface area contributed by atoms with Crippen LogP contribution >= 0.6 is 0 Å². The van der Waals surface area contributed by atoms with Crippen LogP contribution in [0.5, 0.6) is 0 Å². The first kappa shape index (κ1) is 22.1. The Morgan fingerprint density at radius 1 is 0.861 bits per heavy atom. The Balaban J connectivity index is 1.26. The van der Waals surface area contributed by atoms with Crippen LogP contribution in [0.4, 0.5) is 0 Å². The van der Waals surface area contributed by atoms with Crippen LogP contribution in [0.2, 0.25) is 0 Å². The van der Waals surface area contributed by atoms with Crippen molar-refractivity contribution in [3.05, 3.63) is 113 Å².